The fourth-order valence-electron chi connectivity index (χ4n) is 2.56. The maximum atomic E-state index is 11.7. The van der Waals surface area contributed by atoms with Gasteiger partial charge in [-0.15, -0.1) is 0 Å². The average Bonchev–Trinajstić information content (AvgIpc) is 2.94. The summed E-state index contributed by atoms with van der Waals surface area (Å²) in [7, 11) is 0. The van der Waals surface area contributed by atoms with Gasteiger partial charge in [0.1, 0.15) is 5.75 Å². The molecule has 0 unspecified atom stereocenters. The van der Waals surface area contributed by atoms with Crippen LogP contribution in [0, 0.1) is 0 Å². The zero-order chi connectivity index (χ0) is 14.2. The Morgan fingerprint density at radius 3 is 2.55 bits per heavy atom. The van der Waals surface area contributed by atoms with Crippen molar-refractivity contribution in [3.63, 3.8) is 0 Å². The SMILES string of the molecule is O=C(Cc1ccc(O)cc1)NCCCCN1CCCC1. The molecule has 0 saturated carbocycles. The summed E-state index contributed by atoms with van der Waals surface area (Å²) in [5.74, 6) is 0.285. The number of benzene rings is 1. The third-order valence-electron chi connectivity index (χ3n) is 3.72. The number of carbonyl (C=O) groups excluding carboxylic acids is 1. The summed E-state index contributed by atoms with van der Waals surface area (Å²) in [6, 6.07) is 6.78. The van der Waals surface area contributed by atoms with Gasteiger partial charge in [-0.2, -0.15) is 0 Å². The summed E-state index contributed by atoms with van der Waals surface area (Å²) in [5, 5.41) is 12.1. The van der Waals surface area contributed by atoms with Crippen molar-refractivity contribution >= 4 is 5.91 Å². The zero-order valence-corrected chi connectivity index (χ0v) is 12.0. The van der Waals surface area contributed by atoms with Crippen molar-refractivity contribution in [3.05, 3.63) is 29.8 Å². The number of rotatable bonds is 7. The fraction of sp³-hybridized carbons (Fsp3) is 0.562. The smallest absolute Gasteiger partial charge is 0.224 e. The summed E-state index contributed by atoms with van der Waals surface area (Å²) in [4.78, 5) is 14.2. The highest BCUT2D eigenvalue weighted by Gasteiger charge is 2.10. The molecule has 0 aromatic heterocycles. The Labute approximate surface area is 120 Å². The van der Waals surface area contributed by atoms with Crippen LogP contribution < -0.4 is 5.32 Å². The molecular weight excluding hydrogens is 252 g/mol. The second-order valence-corrected chi connectivity index (χ2v) is 5.45. The van der Waals surface area contributed by atoms with Gasteiger partial charge in [-0.05, 0) is 63.0 Å². The van der Waals surface area contributed by atoms with Crippen LogP contribution in [0.4, 0.5) is 0 Å². The molecule has 1 aromatic rings. The molecule has 1 fully saturated rings. The second kappa shape index (κ2) is 7.90. The van der Waals surface area contributed by atoms with Gasteiger partial charge in [-0.25, -0.2) is 0 Å². The lowest BCUT2D eigenvalue weighted by atomic mass is 10.1. The largest absolute Gasteiger partial charge is 0.508 e. The topological polar surface area (TPSA) is 52.6 Å². The maximum Gasteiger partial charge on any atom is 0.224 e. The first kappa shape index (κ1) is 14.9. The summed E-state index contributed by atoms with van der Waals surface area (Å²) >= 11 is 0. The van der Waals surface area contributed by atoms with E-state index in [9.17, 15) is 9.90 Å². The van der Waals surface area contributed by atoms with E-state index in [-0.39, 0.29) is 11.7 Å². The Hall–Kier alpha value is -1.55. The van der Waals surface area contributed by atoms with Gasteiger partial charge in [0.15, 0.2) is 0 Å². The van der Waals surface area contributed by atoms with Crippen molar-refractivity contribution in [1.82, 2.24) is 10.2 Å². The molecule has 2 rings (SSSR count). The molecule has 2 N–H and O–H groups in total. The molecule has 0 spiro atoms. The molecule has 1 aromatic carbocycles. The lowest BCUT2D eigenvalue weighted by Crippen LogP contribution is -2.27. The lowest BCUT2D eigenvalue weighted by molar-refractivity contribution is -0.120. The Morgan fingerprint density at radius 2 is 1.85 bits per heavy atom. The molecule has 4 nitrogen and oxygen atoms in total. The number of phenols is 1. The molecule has 20 heavy (non-hydrogen) atoms. The third kappa shape index (κ3) is 5.21. The van der Waals surface area contributed by atoms with Crippen LogP contribution in [-0.2, 0) is 11.2 Å². The van der Waals surface area contributed by atoms with Crippen LogP contribution in [0.25, 0.3) is 0 Å². The first-order valence-electron chi connectivity index (χ1n) is 7.51. The monoisotopic (exact) mass is 276 g/mol. The Morgan fingerprint density at radius 1 is 1.15 bits per heavy atom. The van der Waals surface area contributed by atoms with Gasteiger partial charge in [-0.3, -0.25) is 4.79 Å². The molecule has 1 saturated heterocycles. The summed E-state index contributed by atoms with van der Waals surface area (Å²) < 4.78 is 0. The van der Waals surface area contributed by atoms with Crippen LogP contribution in [0.15, 0.2) is 24.3 Å². The van der Waals surface area contributed by atoms with Crippen molar-refractivity contribution < 1.29 is 9.90 Å². The number of nitrogens with one attached hydrogen (secondary N) is 1. The van der Waals surface area contributed by atoms with Gasteiger partial charge < -0.3 is 15.3 Å². The van der Waals surface area contributed by atoms with Crippen LogP contribution in [0.3, 0.4) is 0 Å². The molecule has 0 bridgehead atoms. The summed E-state index contributed by atoms with van der Waals surface area (Å²) in [6.45, 7) is 4.40. The van der Waals surface area contributed by atoms with Gasteiger partial charge in [0.05, 0.1) is 6.42 Å². The van der Waals surface area contributed by atoms with E-state index >= 15 is 0 Å². The van der Waals surface area contributed by atoms with Crippen LogP contribution in [0.1, 0.15) is 31.2 Å². The molecule has 0 atom stereocenters. The van der Waals surface area contributed by atoms with Crippen molar-refractivity contribution in [2.45, 2.75) is 32.1 Å². The fourth-order valence-corrected chi connectivity index (χ4v) is 2.56. The van der Waals surface area contributed by atoms with Crippen LogP contribution in [0.5, 0.6) is 5.75 Å². The Kier molecular flexibility index (Phi) is 5.87. The van der Waals surface area contributed by atoms with E-state index in [1.165, 1.54) is 25.9 Å². The van der Waals surface area contributed by atoms with E-state index in [1.807, 2.05) is 0 Å². The molecule has 4 heteroatoms. The minimum Gasteiger partial charge on any atom is -0.508 e. The molecule has 0 radical (unpaired) electrons. The maximum absolute atomic E-state index is 11.7. The predicted octanol–water partition coefficient (Wildman–Crippen LogP) is 1.93. The predicted molar refractivity (Wildman–Crippen MR) is 79.7 cm³/mol. The minimum absolute atomic E-state index is 0.0527. The first-order chi connectivity index (χ1) is 9.74. The van der Waals surface area contributed by atoms with Gasteiger partial charge in [0.2, 0.25) is 5.91 Å². The molecule has 1 aliphatic rings. The molecule has 0 aliphatic carbocycles. The van der Waals surface area contributed by atoms with Gasteiger partial charge in [0.25, 0.3) is 0 Å². The number of amides is 1. The number of unbranched alkanes of at least 4 members (excludes halogenated alkanes) is 1. The number of hydrogen-bond donors (Lipinski definition) is 2. The molecular formula is C16H24N2O2. The number of carbonyl (C=O) groups is 1. The molecule has 110 valence electrons. The second-order valence-electron chi connectivity index (χ2n) is 5.45. The molecule has 1 heterocycles. The van der Waals surface area contributed by atoms with E-state index < -0.39 is 0 Å². The van der Waals surface area contributed by atoms with Crippen LogP contribution in [0.2, 0.25) is 0 Å². The quantitative estimate of drug-likeness (QED) is 0.748. The van der Waals surface area contributed by atoms with Gasteiger partial charge in [-0.1, -0.05) is 12.1 Å². The van der Waals surface area contributed by atoms with Crippen molar-refractivity contribution in [1.29, 1.82) is 0 Å². The zero-order valence-electron chi connectivity index (χ0n) is 12.0. The van der Waals surface area contributed by atoms with E-state index in [2.05, 4.69) is 10.2 Å². The van der Waals surface area contributed by atoms with E-state index in [4.69, 9.17) is 0 Å². The van der Waals surface area contributed by atoms with Crippen molar-refractivity contribution in [2.75, 3.05) is 26.2 Å². The van der Waals surface area contributed by atoms with E-state index in [0.717, 1.165) is 31.5 Å². The van der Waals surface area contributed by atoms with Crippen LogP contribution >= 0.6 is 0 Å². The average molecular weight is 276 g/mol. The van der Waals surface area contributed by atoms with Crippen molar-refractivity contribution in [3.8, 4) is 5.75 Å². The van der Waals surface area contributed by atoms with E-state index in [0.29, 0.717) is 6.42 Å². The number of aromatic hydroxyl groups is 1. The van der Waals surface area contributed by atoms with Crippen molar-refractivity contribution in [2.24, 2.45) is 0 Å². The summed E-state index contributed by atoms with van der Waals surface area (Å²) in [6.07, 6.45) is 5.25. The highest BCUT2D eigenvalue weighted by atomic mass is 16.3. The highest BCUT2D eigenvalue weighted by molar-refractivity contribution is 5.78. The standard InChI is InChI=1S/C16H24N2O2/c19-15-7-5-14(6-8-15)13-16(20)17-9-1-2-10-18-11-3-4-12-18/h5-8,19H,1-4,9-13H2,(H,17,20). The van der Waals surface area contributed by atoms with Gasteiger partial charge >= 0.3 is 0 Å². The highest BCUT2D eigenvalue weighted by Crippen LogP contribution is 2.10. The Balaban J connectivity index is 1.54. The number of phenolic OH excluding ortho intramolecular Hbond substituents is 1. The number of nitrogens with zero attached hydrogens (tertiary/aromatic N) is 1. The number of likely N-dealkylation sites (tertiary alicyclic amines) is 1. The normalized spacial score (nSPS) is 15.4. The molecule has 1 aliphatic heterocycles. The van der Waals surface area contributed by atoms with E-state index in [1.54, 1.807) is 24.3 Å². The minimum atomic E-state index is 0.0527. The summed E-state index contributed by atoms with van der Waals surface area (Å²) in [5.41, 5.74) is 0.928. The first-order valence-corrected chi connectivity index (χ1v) is 7.51. The Bertz CT molecular complexity index is 411. The van der Waals surface area contributed by atoms with Crippen LogP contribution in [-0.4, -0.2) is 42.1 Å². The third-order valence-corrected chi connectivity index (χ3v) is 3.72. The van der Waals surface area contributed by atoms with Gasteiger partial charge in [0, 0.05) is 6.54 Å². The molecule has 1 amide bonds. The lowest BCUT2D eigenvalue weighted by Gasteiger charge is -2.14. The number of hydrogen-bond acceptors (Lipinski definition) is 3.